The van der Waals surface area contributed by atoms with Gasteiger partial charge in [0.05, 0.1) is 18.0 Å². The lowest BCUT2D eigenvalue weighted by Crippen LogP contribution is -2.45. The zero-order chi connectivity index (χ0) is 25.7. The summed E-state index contributed by atoms with van der Waals surface area (Å²) in [7, 11) is 5.57. The predicted octanol–water partition coefficient (Wildman–Crippen LogP) is 4.96. The van der Waals surface area contributed by atoms with E-state index in [1.54, 1.807) is 23.8 Å². The lowest BCUT2D eigenvalue weighted by atomic mass is 10.0. The Morgan fingerprint density at radius 1 is 1.00 bits per heavy atom. The number of thioether (sulfide) groups is 1. The molecular weight excluding hydrogens is 472 g/mol. The van der Waals surface area contributed by atoms with Crippen LogP contribution in [0.4, 0.5) is 5.69 Å². The molecular formula is C29H32N2O4S. The number of anilines is 1. The van der Waals surface area contributed by atoms with Gasteiger partial charge in [-0.1, -0.05) is 48.5 Å². The first-order valence-electron chi connectivity index (χ1n) is 12.0. The molecule has 4 rings (SSSR count). The third kappa shape index (κ3) is 6.09. The molecule has 0 fully saturated rings. The molecule has 1 aliphatic heterocycles. The number of esters is 1. The number of ether oxygens (including phenoxy) is 2. The molecule has 0 unspecified atom stereocenters. The van der Waals surface area contributed by atoms with Crippen LogP contribution < -0.4 is 9.64 Å². The molecule has 0 saturated heterocycles. The number of hydrogen-bond acceptors (Lipinski definition) is 6. The predicted molar refractivity (Wildman–Crippen MR) is 144 cm³/mol. The molecule has 0 aliphatic carbocycles. The number of carbonyl (C=O) groups excluding carboxylic acids is 2. The maximum Gasteiger partial charge on any atom is 0.303 e. The van der Waals surface area contributed by atoms with E-state index in [-0.39, 0.29) is 5.91 Å². The minimum absolute atomic E-state index is 0.213. The van der Waals surface area contributed by atoms with Crippen molar-refractivity contribution in [2.45, 2.75) is 29.6 Å². The largest absolute Gasteiger partial charge is 0.497 e. The Morgan fingerprint density at radius 2 is 1.72 bits per heavy atom. The van der Waals surface area contributed by atoms with Gasteiger partial charge in [0.1, 0.15) is 5.75 Å². The van der Waals surface area contributed by atoms with Gasteiger partial charge < -0.3 is 19.3 Å². The molecule has 7 heteroatoms. The summed E-state index contributed by atoms with van der Waals surface area (Å²) in [6, 6.07) is 24.2. The highest BCUT2D eigenvalue weighted by molar-refractivity contribution is 7.99. The number of benzene rings is 3. The smallest absolute Gasteiger partial charge is 0.303 e. The van der Waals surface area contributed by atoms with Crippen molar-refractivity contribution in [1.29, 1.82) is 0 Å². The molecule has 1 aliphatic rings. The molecule has 3 aromatic carbocycles. The van der Waals surface area contributed by atoms with Crippen molar-refractivity contribution in [2.75, 3.05) is 39.2 Å². The van der Waals surface area contributed by atoms with E-state index in [1.165, 1.54) is 12.5 Å². The van der Waals surface area contributed by atoms with Crippen molar-refractivity contribution in [1.82, 2.24) is 4.90 Å². The molecule has 0 saturated carbocycles. The van der Waals surface area contributed by atoms with Crippen molar-refractivity contribution in [2.24, 2.45) is 0 Å². The lowest BCUT2D eigenvalue weighted by molar-refractivity contribution is -0.152. The minimum atomic E-state index is -0.951. The van der Waals surface area contributed by atoms with Crippen LogP contribution >= 0.6 is 11.8 Å². The van der Waals surface area contributed by atoms with E-state index in [2.05, 4.69) is 24.3 Å². The van der Waals surface area contributed by atoms with E-state index in [9.17, 15) is 9.59 Å². The SMILES string of the molecule is COc1ccc([C@@H]2Sc3cc(Cc4ccccc4)ccc3N(CCN(C)C)C(=O)[C@@H]2OC(C)=O)cc1. The molecule has 3 aromatic rings. The number of amides is 1. The van der Waals surface area contributed by atoms with Crippen molar-refractivity contribution in [3.8, 4) is 5.75 Å². The first-order valence-corrected chi connectivity index (χ1v) is 12.8. The van der Waals surface area contributed by atoms with Crippen LogP contribution in [0.5, 0.6) is 5.75 Å². The van der Waals surface area contributed by atoms with Gasteiger partial charge in [0.15, 0.2) is 6.10 Å². The van der Waals surface area contributed by atoms with Gasteiger partial charge in [-0.05, 0) is 61.5 Å². The van der Waals surface area contributed by atoms with Crippen LogP contribution in [-0.4, -0.2) is 57.2 Å². The molecule has 188 valence electrons. The first kappa shape index (κ1) is 25.8. The molecule has 0 aromatic heterocycles. The third-order valence-electron chi connectivity index (χ3n) is 6.11. The van der Waals surface area contributed by atoms with Crippen LogP contribution in [0.15, 0.2) is 77.7 Å². The summed E-state index contributed by atoms with van der Waals surface area (Å²) in [5.74, 6) is 0.0385. The number of carbonyl (C=O) groups is 2. The number of likely N-dealkylation sites (N-methyl/N-ethyl adjacent to an activating group) is 1. The zero-order valence-corrected chi connectivity index (χ0v) is 22.0. The molecule has 1 amide bonds. The van der Waals surface area contributed by atoms with Crippen LogP contribution in [0.25, 0.3) is 0 Å². The first-order chi connectivity index (χ1) is 17.4. The van der Waals surface area contributed by atoms with E-state index in [1.807, 2.05) is 67.5 Å². The highest BCUT2D eigenvalue weighted by Gasteiger charge is 2.40. The minimum Gasteiger partial charge on any atom is -0.497 e. The monoisotopic (exact) mass is 504 g/mol. The van der Waals surface area contributed by atoms with Gasteiger partial charge >= 0.3 is 5.97 Å². The molecule has 0 bridgehead atoms. The van der Waals surface area contributed by atoms with Crippen LogP contribution in [0, 0.1) is 0 Å². The van der Waals surface area contributed by atoms with E-state index in [0.29, 0.717) is 13.1 Å². The second kappa shape index (κ2) is 11.6. The Hall–Kier alpha value is -3.29. The van der Waals surface area contributed by atoms with E-state index in [0.717, 1.165) is 33.9 Å². The van der Waals surface area contributed by atoms with Crippen molar-refractivity contribution in [3.05, 3.63) is 89.5 Å². The number of rotatable bonds is 8. The molecule has 2 atom stereocenters. The fourth-order valence-electron chi connectivity index (χ4n) is 4.28. The summed E-state index contributed by atoms with van der Waals surface area (Å²) < 4.78 is 11.0. The standard InChI is InChI=1S/C29H32N2O4S/c1-20(32)35-27-28(23-11-13-24(34-4)14-12-23)36-26-19-22(18-21-8-6-5-7-9-21)10-15-25(26)31(29(27)33)17-16-30(2)3/h5-15,19,27-28H,16-18H2,1-4H3/t27-,28+/m1/s1. The highest BCUT2D eigenvalue weighted by atomic mass is 32.2. The Labute approximate surface area is 217 Å². The van der Waals surface area contributed by atoms with E-state index in [4.69, 9.17) is 9.47 Å². The van der Waals surface area contributed by atoms with Crippen LogP contribution in [0.3, 0.4) is 0 Å². The molecule has 0 radical (unpaired) electrons. The Balaban J connectivity index is 1.78. The van der Waals surface area contributed by atoms with Crippen LogP contribution in [-0.2, 0) is 20.7 Å². The van der Waals surface area contributed by atoms with Gasteiger partial charge in [0, 0.05) is 24.9 Å². The Bertz CT molecular complexity index is 1200. The summed E-state index contributed by atoms with van der Waals surface area (Å²) in [6.45, 7) is 2.52. The van der Waals surface area contributed by atoms with Gasteiger partial charge in [-0.15, -0.1) is 11.8 Å². The third-order valence-corrected chi connectivity index (χ3v) is 7.47. The van der Waals surface area contributed by atoms with Gasteiger partial charge in [-0.2, -0.15) is 0 Å². The topological polar surface area (TPSA) is 59.1 Å². The molecule has 0 N–H and O–H groups in total. The molecule has 1 heterocycles. The maximum atomic E-state index is 13.9. The average molecular weight is 505 g/mol. The number of hydrogen-bond donors (Lipinski definition) is 0. The highest BCUT2D eigenvalue weighted by Crippen LogP contribution is 2.47. The van der Waals surface area contributed by atoms with Crippen molar-refractivity contribution < 1.29 is 19.1 Å². The second-order valence-corrected chi connectivity index (χ2v) is 10.3. The summed E-state index contributed by atoms with van der Waals surface area (Å²) in [4.78, 5) is 30.9. The van der Waals surface area contributed by atoms with Crippen molar-refractivity contribution in [3.63, 3.8) is 0 Å². The summed E-state index contributed by atoms with van der Waals surface area (Å²) in [6.07, 6.45) is -0.158. The van der Waals surface area contributed by atoms with E-state index < -0.39 is 17.3 Å². The van der Waals surface area contributed by atoms with Gasteiger partial charge in [0.25, 0.3) is 5.91 Å². The maximum absolute atomic E-state index is 13.9. The normalized spacial score (nSPS) is 17.5. The number of nitrogens with zero attached hydrogens (tertiary/aromatic N) is 2. The molecule has 6 nitrogen and oxygen atoms in total. The van der Waals surface area contributed by atoms with Gasteiger partial charge in [-0.25, -0.2) is 0 Å². The molecule has 0 spiro atoms. The van der Waals surface area contributed by atoms with E-state index >= 15 is 0 Å². The Kier molecular flexibility index (Phi) is 8.33. The van der Waals surface area contributed by atoms with Gasteiger partial charge in [0.2, 0.25) is 0 Å². The fourth-order valence-corrected chi connectivity index (χ4v) is 5.66. The van der Waals surface area contributed by atoms with Crippen LogP contribution in [0.1, 0.15) is 28.9 Å². The summed E-state index contributed by atoms with van der Waals surface area (Å²) in [5, 5.41) is -0.401. The van der Waals surface area contributed by atoms with Crippen LogP contribution in [0.2, 0.25) is 0 Å². The second-order valence-electron chi connectivity index (χ2n) is 9.10. The Morgan fingerprint density at radius 3 is 2.36 bits per heavy atom. The van der Waals surface area contributed by atoms with Gasteiger partial charge in [-0.3, -0.25) is 9.59 Å². The van der Waals surface area contributed by atoms with Crippen molar-refractivity contribution >= 4 is 29.3 Å². The fraction of sp³-hybridized carbons (Fsp3) is 0.310. The quantitative estimate of drug-likeness (QED) is 0.404. The lowest BCUT2D eigenvalue weighted by Gasteiger charge is -2.28. The average Bonchev–Trinajstić information content (AvgIpc) is 2.97. The summed E-state index contributed by atoms with van der Waals surface area (Å²) >= 11 is 1.57. The zero-order valence-electron chi connectivity index (χ0n) is 21.1. The molecule has 36 heavy (non-hydrogen) atoms. The number of fused-ring (bicyclic) bond motifs is 1. The number of methoxy groups -OCH3 is 1. The summed E-state index contributed by atoms with van der Waals surface area (Å²) in [5.41, 5.74) is 4.12.